The molecule has 0 aromatic carbocycles. The van der Waals surface area contributed by atoms with Crippen molar-refractivity contribution in [3.05, 3.63) is 11.7 Å². The van der Waals surface area contributed by atoms with Gasteiger partial charge in [0, 0.05) is 20.1 Å². The fraction of sp³-hybridized carbons (Fsp3) is 0.833. The van der Waals surface area contributed by atoms with E-state index in [2.05, 4.69) is 10.1 Å². The van der Waals surface area contributed by atoms with Crippen LogP contribution in [0.4, 0.5) is 0 Å². The van der Waals surface area contributed by atoms with Crippen LogP contribution in [0.1, 0.15) is 49.9 Å². The second-order valence-corrected chi connectivity index (χ2v) is 4.64. The van der Waals surface area contributed by atoms with Gasteiger partial charge in [0.25, 0.3) is 0 Å². The monoisotopic (exact) mass is 239 g/mol. The molecule has 17 heavy (non-hydrogen) atoms. The van der Waals surface area contributed by atoms with Crippen LogP contribution in [0.25, 0.3) is 0 Å². The number of methoxy groups -OCH3 is 1. The number of hydrogen-bond acceptors (Lipinski definition) is 5. The maximum absolute atomic E-state index is 5.55. The first-order valence-corrected chi connectivity index (χ1v) is 6.40. The number of hydrogen-bond donors (Lipinski definition) is 1. The van der Waals surface area contributed by atoms with Gasteiger partial charge in [0.2, 0.25) is 11.7 Å². The van der Waals surface area contributed by atoms with Crippen molar-refractivity contribution in [1.82, 2.24) is 10.1 Å². The van der Waals surface area contributed by atoms with E-state index in [-0.39, 0.29) is 6.10 Å². The van der Waals surface area contributed by atoms with E-state index in [9.17, 15) is 0 Å². The minimum atomic E-state index is -0.0226. The zero-order valence-corrected chi connectivity index (χ0v) is 10.4. The Hall–Kier alpha value is -0.940. The Morgan fingerprint density at radius 1 is 1.41 bits per heavy atom. The number of nitrogens with zero attached hydrogens (tertiary/aromatic N) is 2. The normalized spacial score (nSPS) is 19.4. The fourth-order valence-corrected chi connectivity index (χ4v) is 2.55. The summed E-state index contributed by atoms with van der Waals surface area (Å²) in [5, 5.41) is 4.01. The van der Waals surface area contributed by atoms with Crippen LogP contribution in [0, 0.1) is 5.92 Å². The van der Waals surface area contributed by atoms with Crippen molar-refractivity contribution in [3.63, 3.8) is 0 Å². The quantitative estimate of drug-likeness (QED) is 0.848. The summed E-state index contributed by atoms with van der Waals surface area (Å²) in [4.78, 5) is 4.36. The van der Waals surface area contributed by atoms with Gasteiger partial charge in [-0.3, -0.25) is 0 Å². The third kappa shape index (κ3) is 3.04. The van der Waals surface area contributed by atoms with Gasteiger partial charge in [0.1, 0.15) is 6.10 Å². The number of rotatable bonds is 5. The highest BCUT2D eigenvalue weighted by Crippen LogP contribution is 2.35. The molecule has 1 unspecified atom stereocenters. The standard InChI is InChI=1S/C12H21N3O2/c1-16-11(9-5-3-2-4-6-9)12-14-10(7-8-13)17-15-12/h9,11H,2-8,13H2,1H3. The van der Waals surface area contributed by atoms with Gasteiger partial charge in [-0.05, 0) is 18.8 Å². The van der Waals surface area contributed by atoms with Crippen molar-refractivity contribution in [2.24, 2.45) is 11.7 Å². The van der Waals surface area contributed by atoms with E-state index in [0.29, 0.717) is 30.6 Å². The lowest BCUT2D eigenvalue weighted by Crippen LogP contribution is -2.19. The van der Waals surface area contributed by atoms with Gasteiger partial charge in [-0.2, -0.15) is 4.98 Å². The summed E-state index contributed by atoms with van der Waals surface area (Å²) < 4.78 is 10.7. The number of aromatic nitrogens is 2. The van der Waals surface area contributed by atoms with E-state index >= 15 is 0 Å². The summed E-state index contributed by atoms with van der Waals surface area (Å²) >= 11 is 0. The molecule has 5 heteroatoms. The van der Waals surface area contributed by atoms with E-state index in [1.54, 1.807) is 7.11 Å². The summed E-state index contributed by atoms with van der Waals surface area (Å²) in [5.74, 6) is 1.82. The molecule has 1 saturated carbocycles. The van der Waals surface area contributed by atoms with E-state index < -0.39 is 0 Å². The van der Waals surface area contributed by atoms with Gasteiger partial charge in [0.15, 0.2) is 0 Å². The first kappa shape index (κ1) is 12.5. The highest BCUT2D eigenvalue weighted by Gasteiger charge is 2.28. The predicted octanol–water partition coefficient (Wildman–Crippen LogP) is 1.84. The Balaban J connectivity index is 2.04. The molecule has 0 amide bonds. The van der Waals surface area contributed by atoms with Gasteiger partial charge in [0.05, 0.1) is 0 Å². The molecule has 1 atom stereocenters. The summed E-state index contributed by atoms with van der Waals surface area (Å²) in [6.45, 7) is 0.530. The van der Waals surface area contributed by atoms with Gasteiger partial charge >= 0.3 is 0 Å². The molecule has 5 nitrogen and oxygen atoms in total. The highest BCUT2D eigenvalue weighted by atomic mass is 16.5. The van der Waals surface area contributed by atoms with E-state index in [1.807, 2.05) is 0 Å². The van der Waals surface area contributed by atoms with Gasteiger partial charge in [-0.1, -0.05) is 24.4 Å². The third-order valence-electron chi connectivity index (χ3n) is 3.43. The predicted molar refractivity (Wildman–Crippen MR) is 63.4 cm³/mol. The maximum Gasteiger partial charge on any atom is 0.228 e. The SMILES string of the molecule is COC(c1noc(CCN)n1)C1CCCCC1. The van der Waals surface area contributed by atoms with Crippen LogP contribution in [0.3, 0.4) is 0 Å². The average Bonchev–Trinajstić information content (AvgIpc) is 2.81. The third-order valence-corrected chi connectivity index (χ3v) is 3.43. The van der Waals surface area contributed by atoms with Crippen LogP contribution in [-0.4, -0.2) is 23.8 Å². The molecule has 2 rings (SSSR count). The topological polar surface area (TPSA) is 74.2 Å². The Morgan fingerprint density at radius 2 is 2.18 bits per heavy atom. The molecular weight excluding hydrogens is 218 g/mol. The van der Waals surface area contributed by atoms with Crippen LogP contribution >= 0.6 is 0 Å². The minimum absolute atomic E-state index is 0.0226. The van der Waals surface area contributed by atoms with Crippen molar-refractivity contribution in [2.75, 3.05) is 13.7 Å². The van der Waals surface area contributed by atoms with Gasteiger partial charge in [-0.15, -0.1) is 0 Å². The lowest BCUT2D eigenvalue weighted by molar-refractivity contribution is 0.0273. The largest absolute Gasteiger partial charge is 0.373 e. The molecule has 1 heterocycles. The molecule has 0 spiro atoms. The smallest absolute Gasteiger partial charge is 0.228 e. The first-order valence-electron chi connectivity index (χ1n) is 6.40. The molecule has 1 aromatic rings. The Kier molecular flexibility index (Phi) is 4.50. The number of nitrogens with two attached hydrogens (primary N) is 1. The molecular formula is C12H21N3O2. The molecule has 2 N–H and O–H groups in total. The molecule has 96 valence electrons. The molecule has 0 saturated heterocycles. The van der Waals surface area contributed by atoms with Crippen molar-refractivity contribution >= 4 is 0 Å². The van der Waals surface area contributed by atoms with Crippen LogP contribution < -0.4 is 5.73 Å². The lowest BCUT2D eigenvalue weighted by Gasteiger charge is -2.26. The molecule has 0 bridgehead atoms. The van der Waals surface area contributed by atoms with Crippen molar-refractivity contribution in [3.8, 4) is 0 Å². The van der Waals surface area contributed by atoms with Crippen LogP contribution in [0.2, 0.25) is 0 Å². The number of ether oxygens (including phenoxy) is 1. The summed E-state index contributed by atoms with van der Waals surface area (Å²) in [6.07, 6.45) is 6.88. The molecule has 1 fully saturated rings. The molecule has 1 aromatic heterocycles. The Labute approximate surface area is 102 Å². The van der Waals surface area contributed by atoms with E-state index in [4.69, 9.17) is 15.0 Å². The molecule has 1 aliphatic rings. The summed E-state index contributed by atoms with van der Waals surface area (Å²) in [5.41, 5.74) is 5.46. The molecule has 0 aliphatic heterocycles. The van der Waals surface area contributed by atoms with Crippen molar-refractivity contribution in [1.29, 1.82) is 0 Å². The van der Waals surface area contributed by atoms with Crippen LogP contribution in [0.5, 0.6) is 0 Å². The van der Waals surface area contributed by atoms with Gasteiger partial charge < -0.3 is 15.0 Å². The summed E-state index contributed by atoms with van der Waals surface area (Å²) in [6, 6.07) is 0. The Morgan fingerprint density at radius 3 is 2.82 bits per heavy atom. The van der Waals surface area contributed by atoms with E-state index in [1.165, 1.54) is 32.1 Å². The summed E-state index contributed by atoms with van der Waals surface area (Å²) in [7, 11) is 1.72. The molecule has 0 radical (unpaired) electrons. The zero-order valence-electron chi connectivity index (χ0n) is 10.4. The second kappa shape index (κ2) is 6.12. The highest BCUT2D eigenvalue weighted by molar-refractivity contribution is 4.95. The second-order valence-electron chi connectivity index (χ2n) is 4.64. The van der Waals surface area contributed by atoms with E-state index in [0.717, 1.165) is 0 Å². The van der Waals surface area contributed by atoms with Crippen molar-refractivity contribution in [2.45, 2.75) is 44.6 Å². The van der Waals surface area contributed by atoms with Crippen LogP contribution in [0.15, 0.2) is 4.52 Å². The van der Waals surface area contributed by atoms with Gasteiger partial charge in [-0.25, -0.2) is 0 Å². The maximum atomic E-state index is 5.55. The minimum Gasteiger partial charge on any atom is -0.373 e. The zero-order chi connectivity index (χ0) is 12.1. The fourth-order valence-electron chi connectivity index (χ4n) is 2.55. The molecule has 1 aliphatic carbocycles. The lowest BCUT2D eigenvalue weighted by atomic mass is 9.85. The first-order chi connectivity index (χ1) is 8.35. The van der Waals surface area contributed by atoms with Crippen molar-refractivity contribution < 1.29 is 9.26 Å². The average molecular weight is 239 g/mol. The Bertz CT molecular complexity index is 334. The van der Waals surface area contributed by atoms with Crippen LogP contribution in [-0.2, 0) is 11.2 Å².